The predicted molar refractivity (Wildman–Crippen MR) is 126 cm³/mol. The highest BCUT2D eigenvalue weighted by Gasteiger charge is 2.42. The Balaban J connectivity index is 1.47. The molecule has 2 aliphatic heterocycles. The molecule has 10 heteroatoms. The van der Waals surface area contributed by atoms with Crippen molar-refractivity contribution < 1.29 is 26.7 Å². The summed E-state index contributed by atoms with van der Waals surface area (Å²) in [7, 11) is -4.15. The molecule has 0 atom stereocenters. The van der Waals surface area contributed by atoms with Crippen LogP contribution in [0.5, 0.6) is 0 Å². The largest absolute Gasteiger partial charge is 0.444 e. The van der Waals surface area contributed by atoms with Gasteiger partial charge in [-0.3, -0.25) is 4.31 Å². The van der Waals surface area contributed by atoms with Crippen LogP contribution in [0, 0.1) is 17.6 Å². The Kier molecular flexibility index (Phi) is 6.46. The Bertz CT molecular complexity index is 1170. The standard InChI is InChI=1S/C24H29F2N3O4S/c1-24(2,3)33-23(30)27-13-10-17(11-14-27)12-15-28-20-6-4-5-7-21(20)29(34(28,31)32)22-16-18(25)8-9-19(22)26/h4-9,16-17H,10-15H2,1-3H3. The quantitative estimate of drug-likeness (QED) is 0.587. The first-order valence-electron chi connectivity index (χ1n) is 11.3. The molecule has 34 heavy (non-hydrogen) atoms. The number of halogens is 2. The van der Waals surface area contributed by atoms with Gasteiger partial charge in [-0.2, -0.15) is 8.42 Å². The topological polar surface area (TPSA) is 70.2 Å². The lowest BCUT2D eigenvalue weighted by atomic mass is 9.93. The van der Waals surface area contributed by atoms with Crippen LogP contribution in [0.4, 0.5) is 30.6 Å². The van der Waals surface area contributed by atoms with Gasteiger partial charge in [-0.15, -0.1) is 0 Å². The number of nitrogens with zero attached hydrogens (tertiary/aromatic N) is 3. The number of benzene rings is 2. The molecule has 1 saturated heterocycles. The number of carbonyl (C=O) groups is 1. The predicted octanol–water partition coefficient (Wildman–Crippen LogP) is 5.20. The van der Waals surface area contributed by atoms with E-state index >= 15 is 0 Å². The minimum atomic E-state index is -4.15. The fourth-order valence-electron chi connectivity index (χ4n) is 4.36. The molecule has 2 aromatic carbocycles. The number of fused-ring (bicyclic) bond motifs is 1. The van der Waals surface area contributed by atoms with Gasteiger partial charge < -0.3 is 9.64 Å². The summed E-state index contributed by atoms with van der Waals surface area (Å²) in [6.07, 6.45) is 1.71. The minimum absolute atomic E-state index is 0.198. The summed E-state index contributed by atoms with van der Waals surface area (Å²) in [6, 6.07) is 9.38. The SMILES string of the molecule is CC(C)(C)OC(=O)N1CCC(CCN2c3ccccc3N(c3cc(F)ccc3F)S2(=O)=O)CC1. The number of rotatable bonds is 4. The van der Waals surface area contributed by atoms with E-state index in [0.29, 0.717) is 25.2 Å². The van der Waals surface area contributed by atoms with Crippen molar-refractivity contribution in [3.8, 4) is 0 Å². The van der Waals surface area contributed by atoms with E-state index in [1.54, 1.807) is 29.2 Å². The summed E-state index contributed by atoms with van der Waals surface area (Å²) < 4.78 is 62.9. The van der Waals surface area contributed by atoms with E-state index in [1.807, 2.05) is 20.8 Å². The van der Waals surface area contributed by atoms with E-state index in [1.165, 1.54) is 4.31 Å². The van der Waals surface area contributed by atoms with Crippen LogP contribution in [0.1, 0.15) is 40.0 Å². The van der Waals surface area contributed by atoms with Crippen molar-refractivity contribution in [3.05, 3.63) is 54.1 Å². The molecule has 1 fully saturated rings. The molecule has 4 rings (SSSR count). The fourth-order valence-corrected chi connectivity index (χ4v) is 6.08. The summed E-state index contributed by atoms with van der Waals surface area (Å²) in [5.41, 5.74) is -0.192. The Hall–Kier alpha value is -2.88. The van der Waals surface area contributed by atoms with Gasteiger partial charge in [-0.1, -0.05) is 12.1 Å². The molecule has 0 unspecified atom stereocenters. The second kappa shape index (κ2) is 9.05. The summed E-state index contributed by atoms with van der Waals surface area (Å²) in [5, 5.41) is 0. The molecule has 2 aliphatic rings. The van der Waals surface area contributed by atoms with E-state index < -0.39 is 27.4 Å². The van der Waals surface area contributed by atoms with Crippen LogP contribution < -0.4 is 8.61 Å². The molecule has 2 heterocycles. The normalized spacial score (nSPS) is 18.2. The average Bonchev–Trinajstić information content (AvgIpc) is 2.99. The highest BCUT2D eigenvalue weighted by atomic mass is 32.2. The van der Waals surface area contributed by atoms with E-state index in [-0.39, 0.29) is 29.9 Å². The maximum atomic E-state index is 14.5. The number of piperidine rings is 1. The summed E-state index contributed by atoms with van der Waals surface area (Å²) in [6.45, 7) is 6.76. The van der Waals surface area contributed by atoms with Gasteiger partial charge in [0.25, 0.3) is 0 Å². The van der Waals surface area contributed by atoms with Crippen LogP contribution in [0.25, 0.3) is 0 Å². The van der Waals surface area contributed by atoms with Crippen LogP contribution >= 0.6 is 0 Å². The van der Waals surface area contributed by atoms with E-state index in [0.717, 1.165) is 35.3 Å². The van der Waals surface area contributed by atoms with Crippen molar-refractivity contribution in [2.75, 3.05) is 28.2 Å². The Morgan fingerprint density at radius 2 is 1.68 bits per heavy atom. The number of likely N-dealkylation sites (tertiary alicyclic amines) is 1. The first kappa shape index (κ1) is 24.3. The molecule has 0 N–H and O–H groups in total. The van der Waals surface area contributed by atoms with Crippen molar-refractivity contribution in [3.63, 3.8) is 0 Å². The van der Waals surface area contributed by atoms with E-state index in [4.69, 9.17) is 4.74 Å². The number of carbonyl (C=O) groups excluding carboxylic acids is 1. The van der Waals surface area contributed by atoms with Gasteiger partial charge >= 0.3 is 16.3 Å². The van der Waals surface area contributed by atoms with Gasteiger partial charge in [0.1, 0.15) is 17.2 Å². The van der Waals surface area contributed by atoms with Crippen molar-refractivity contribution in [1.82, 2.24) is 4.90 Å². The smallest absolute Gasteiger partial charge is 0.410 e. The lowest BCUT2D eigenvalue weighted by Gasteiger charge is -2.34. The highest BCUT2D eigenvalue weighted by Crippen LogP contribution is 2.46. The number of hydrogen-bond acceptors (Lipinski definition) is 4. The molecule has 0 bridgehead atoms. The molecule has 0 spiro atoms. The Morgan fingerprint density at radius 3 is 2.32 bits per heavy atom. The van der Waals surface area contributed by atoms with Crippen molar-refractivity contribution in [2.45, 2.75) is 45.6 Å². The lowest BCUT2D eigenvalue weighted by Crippen LogP contribution is -2.42. The van der Waals surface area contributed by atoms with Gasteiger partial charge in [0.05, 0.1) is 17.1 Å². The summed E-state index contributed by atoms with van der Waals surface area (Å²) in [5.74, 6) is -1.32. The third-order valence-corrected chi connectivity index (χ3v) is 7.80. The molecule has 7 nitrogen and oxygen atoms in total. The Labute approximate surface area is 199 Å². The van der Waals surface area contributed by atoms with Gasteiger partial charge in [0.15, 0.2) is 0 Å². The third kappa shape index (κ3) is 4.82. The second-order valence-electron chi connectivity index (χ2n) is 9.63. The molecule has 2 aromatic rings. The first-order chi connectivity index (χ1) is 16.0. The first-order valence-corrected chi connectivity index (χ1v) is 12.7. The number of ether oxygens (including phenoxy) is 1. The lowest BCUT2D eigenvalue weighted by molar-refractivity contribution is 0.0182. The van der Waals surface area contributed by atoms with E-state index in [2.05, 4.69) is 0 Å². The highest BCUT2D eigenvalue weighted by molar-refractivity contribution is 7.95. The maximum Gasteiger partial charge on any atom is 0.410 e. The van der Waals surface area contributed by atoms with Gasteiger partial charge in [-0.05, 0) is 70.2 Å². The van der Waals surface area contributed by atoms with Crippen LogP contribution in [0.15, 0.2) is 42.5 Å². The molecular formula is C24H29F2N3O4S. The number of para-hydroxylation sites is 2. The molecule has 0 radical (unpaired) electrons. The average molecular weight is 494 g/mol. The van der Waals surface area contributed by atoms with E-state index in [9.17, 15) is 22.0 Å². The van der Waals surface area contributed by atoms with Gasteiger partial charge in [0.2, 0.25) is 0 Å². The van der Waals surface area contributed by atoms with Crippen LogP contribution in [-0.2, 0) is 14.9 Å². The van der Waals surface area contributed by atoms with Crippen molar-refractivity contribution in [2.24, 2.45) is 5.92 Å². The fraction of sp³-hybridized carbons (Fsp3) is 0.458. The van der Waals surface area contributed by atoms with Crippen LogP contribution in [-0.4, -0.2) is 44.6 Å². The van der Waals surface area contributed by atoms with Crippen molar-refractivity contribution >= 4 is 33.4 Å². The number of amides is 1. The summed E-state index contributed by atoms with van der Waals surface area (Å²) in [4.78, 5) is 14.0. The molecule has 0 aromatic heterocycles. The zero-order valence-corrected chi connectivity index (χ0v) is 20.3. The van der Waals surface area contributed by atoms with Gasteiger partial charge in [0, 0.05) is 25.7 Å². The Morgan fingerprint density at radius 1 is 1.03 bits per heavy atom. The molecular weight excluding hydrogens is 464 g/mol. The molecule has 0 saturated carbocycles. The zero-order valence-electron chi connectivity index (χ0n) is 19.5. The third-order valence-electron chi connectivity index (χ3n) is 6.01. The summed E-state index contributed by atoms with van der Waals surface area (Å²) >= 11 is 0. The van der Waals surface area contributed by atoms with Crippen molar-refractivity contribution in [1.29, 1.82) is 0 Å². The monoisotopic (exact) mass is 493 g/mol. The molecule has 0 aliphatic carbocycles. The maximum absolute atomic E-state index is 14.5. The number of anilines is 3. The zero-order chi connectivity index (χ0) is 24.7. The minimum Gasteiger partial charge on any atom is -0.444 e. The van der Waals surface area contributed by atoms with Crippen LogP contribution in [0.3, 0.4) is 0 Å². The van der Waals surface area contributed by atoms with Gasteiger partial charge in [-0.25, -0.2) is 17.9 Å². The second-order valence-corrected chi connectivity index (χ2v) is 11.3. The number of hydrogen-bond donors (Lipinski definition) is 0. The molecule has 184 valence electrons. The molecule has 1 amide bonds. The van der Waals surface area contributed by atoms with Crippen LogP contribution in [0.2, 0.25) is 0 Å².